The predicted molar refractivity (Wildman–Crippen MR) is 113 cm³/mol. The van der Waals surface area contributed by atoms with Gasteiger partial charge in [0, 0.05) is 16.1 Å². The van der Waals surface area contributed by atoms with Crippen molar-refractivity contribution < 1.29 is 14.4 Å². The van der Waals surface area contributed by atoms with Crippen molar-refractivity contribution in [1.29, 1.82) is 0 Å². The number of para-hydroxylation sites is 1. The maximum atomic E-state index is 13.3. The Morgan fingerprint density at radius 2 is 2.10 bits per heavy atom. The summed E-state index contributed by atoms with van der Waals surface area (Å²) in [6, 6.07) is 7.30. The molecule has 2 aliphatic rings. The van der Waals surface area contributed by atoms with Crippen molar-refractivity contribution in [2.45, 2.75) is 51.5 Å². The Labute approximate surface area is 174 Å². The Balaban J connectivity index is 1.55. The first-order chi connectivity index (χ1) is 13.8. The van der Waals surface area contributed by atoms with Crippen LogP contribution >= 0.6 is 11.3 Å². The smallest absolute Gasteiger partial charge is 0.324 e. The molecule has 0 unspecified atom stereocenters. The highest BCUT2D eigenvalue weighted by Gasteiger charge is 2.54. The number of amides is 4. The van der Waals surface area contributed by atoms with Crippen molar-refractivity contribution in [3.05, 3.63) is 51.2 Å². The zero-order valence-electron chi connectivity index (χ0n) is 16.9. The molecule has 1 aromatic heterocycles. The predicted octanol–water partition coefficient (Wildman–Crippen LogP) is 3.90. The summed E-state index contributed by atoms with van der Waals surface area (Å²) in [6.45, 7) is 5.77. The fraction of sp³-hybridized carbons (Fsp3) is 0.409. The van der Waals surface area contributed by atoms with E-state index in [1.54, 1.807) is 11.3 Å². The van der Waals surface area contributed by atoms with Crippen LogP contribution in [0.25, 0.3) is 0 Å². The number of rotatable bonds is 4. The molecule has 29 heavy (non-hydrogen) atoms. The van der Waals surface area contributed by atoms with E-state index in [9.17, 15) is 14.4 Å². The molecule has 7 heteroatoms. The van der Waals surface area contributed by atoms with Crippen LogP contribution in [-0.4, -0.2) is 29.3 Å². The Morgan fingerprint density at radius 3 is 2.86 bits per heavy atom. The number of fused-ring (bicyclic) bond motifs is 2. The number of nitrogens with one attached hydrogen (secondary N) is 2. The summed E-state index contributed by atoms with van der Waals surface area (Å²) >= 11 is 1.61. The van der Waals surface area contributed by atoms with Gasteiger partial charge in [-0.05, 0) is 54.7 Å². The van der Waals surface area contributed by atoms with Crippen molar-refractivity contribution in [2.24, 2.45) is 0 Å². The number of imide groups is 1. The molecule has 0 bridgehead atoms. The van der Waals surface area contributed by atoms with Gasteiger partial charge in [0.25, 0.3) is 5.91 Å². The third kappa shape index (κ3) is 3.23. The summed E-state index contributed by atoms with van der Waals surface area (Å²) in [7, 11) is 0. The van der Waals surface area contributed by atoms with Crippen molar-refractivity contribution in [3.8, 4) is 0 Å². The van der Waals surface area contributed by atoms with Crippen LogP contribution in [0.15, 0.2) is 29.6 Å². The van der Waals surface area contributed by atoms with Gasteiger partial charge in [-0.3, -0.25) is 14.5 Å². The highest BCUT2D eigenvalue weighted by Crippen LogP contribution is 2.42. The molecular formula is C22H25N3O3S. The summed E-state index contributed by atoms with van der Waals surface area (Å²) in [5.41, 5.74) is 2.61. The van der Waals surface area contributed by atoms with Crippen LogP contribution in [-0.2, 0) is 21.5 Å². The summed E-state index contributed by atoms with van der Waals surface area (Å²) in [5.74, 6) is -0.460. The van der Waals surface area contributed by atoms with Crippen LogP contribution in [0, 0.1) is 6.92 Å². The second-order valence-corrected chi connectivity index (χ2v) is 9.08. The molecular weight excluding hydrogens is 386 g/mol. The molecule has 152 valence electrons. The number of anilines is 1. The standard InChI is InChI=1S/C22H25N3O3S/c1-13(2)15-7-4-6-14(3)19(15)23-18(26)12-25-20(27)22(24-21(25)28)10-5-8-17-16(22)9-11-29-17/h4,6-7,9,11,13H,5,8,10,12H2,1-3H3,(H,23,26)(H,24,28)/t22-/m0/s1. The summed E-state index contributed by atoms with van der Waals surface area (Å²) in [4.78, 5) is 40.8. The van der Waals surface area contributed by atoms with E-state index in [1.165, 1.54) is 0 Å². The van der Waals surface area contributed by atoms with Gasteiger partial charge < -0.3 is 10.6 Å². The quantitative estimate of drug-likeness (QED) is 0.749. The van der Waals surface area contributed by atoms with E-state index in [0.717, 1.165) is 45.0 Å². The Kier molecular flexibility index (Phi) is 4.94. The molecule has 4 rings (SSSR count). The van der Waals surface area contributed by atoms with Gasteiger partial charge in [-0.15, -0.1) is 11.3 Å². The molecule has 2 heterocycles. The van der Waals surface area contributed by atoms with E-state index in [0.29, 0.717) is 6.42 Å². The van der Waals surface area contributed by atoms with Crippen LogP contribution in [0.1, 0.15) is 54.2 Å². The third-order valence-electron chi connectivity index (χ3n) is 5.83. The minimum absolute atomic E-state index is 0.240. The highest BCUT2D eigenvalue weighted by molar-refractivity contribution is 7.10. The maximum absolute atomic E-state index is 13.3. The molecule has 1 atom stereocenters. The Hall–Kier alpha value is -2.67. The molecule has 1 saturated heterocycles. The van der Waals surface area contributed by atoms with Crippen LogP contribution < -0.4 is 10.6 Å². The number of urea groups is 1. The molecule has 2 aromatic rings. The molecule has 1 spiro atoms. The van der Waals surface area contributed by atoms with Crippen LogP contribution in [0.4, 0.5) is 10.5 Å². The van der Waals surface area contributed by atoms with Crippen molar-refractivity contribution in [1.82, 2.24) is 10.2 Å². The second kappa shape index (κ2) is 7.30. The normalized spacial score (nSPS) is 20.9. The lowest BCUT2D eigenvalue weighted by Gasteiger charge is -2.31. The highest BCUT2D eigenvalue weighted by atomic mass is 32.1. The van der Waals surface area contributed by atoms with E-state index in [1.807, 2.05) is 36.6 Å². The summed E-state index contributed by atoms with van der Waals surface area (Å²) in [5, 5.41) is 7.77. The summed E-state index contributed by atoms with van der Waals surface area (Å²) < 4.78 is 0. The number of nitrogens with zero attached hydrogens (tertiary/aromatic N) is 1. The molecule has 0 saturated carbocycles. The van der Waals surface area contributed by atoms with Gasteiger partial charge in [-0.1, -0.05) is 32.0 Å². The van der Waals surface area contributed by atoms with Crippen LogP contribution in [0.2, 0.25) is 0 Å². The zero-order chi connectivity index (χ0) is 20.8. The first-order valence-electron chi connectivity index (χ1n) is 9.94. The molecule has 6 nitrogen and oxygen atoms in total. The summed E-state index contributed by atoms with van der Waals surface area (Å²) in [6.07, 6.45) is 2.32. The first-order valence-corrected chi connectivity index (χ1v) is 10.8. The van der Waals surface area contributed by atoms with E-state index in [-0.39, 0.29) is 24.3 Å². The van der Waals surface area contributed by atoms with E-state index in [2.05, 4.69) is 24.5 Å². The number of carbonyl (C=O) groups excluding carboxylic acids is 3. The van der Waals surface area contributed by atoms with Gasteiger partial charge in [0.1, 0.15) is 12.1 Å². The van der Waals surface area contributed by atoms with Crippen molar-refractivity contribution in [3.63, 3.8) is 0 Å². The molecule has 4 amide bonds. The number of thiophene rings is 1. The fourth-order valence-electron chi connectivity index (χ4n) is 4.35. The monoisotopic (exact) mass is 411 g/mol. The lowest BCUT2D eigenvalue weighted by Crippen LogP contribution is -2.46. The van der Waals surface area contributed by atoms with Crippen molar-refractivity contribution in [2.75, 3.05) is 11.9 Å². The van der Waals surface area contributed by atoms with Gasteiger partial charge in [0.2, 0.25) is 5.91 Å². The van der Waals surface area contributed by atoms with Gasteiger partial charge in [0.15, 0.2) is 0 Å². The molecule has 1 aliphatic carbocycles. The number of carbonyl (C=O) groups is 3. The largest absolute Gasteiger partial charge is 0.325 e. The SMILES string of the molecule is Cc1cccc(C(C)C)c1NC(=O)CN1C(=O)N[C@]2(CCCc3sccc32)C1=O. The minimum atomic E-state index is -1.02. The molecule has 1 aliphatic heterocycles. The van der Waals surface area contributed by atoms with E-state index >= 15 is 0 Å². The topological polar surface area (TPSA) is 78.5 Å². The second-order valence-electron chi connectivity index (χ2n) is 8.08. The minimum Gasteiger partial charge on any atom is -0.324 e. The van der Waals surface area contributed by atoms with Gasteiger partial charge >= 0.3 is 6.03 Å². The Bertz CT molecular complexity index is 997. The number of benzene rings is 1. The zero-order valence-corrected chi connectivity index (χ0v) is 17.7. The molecule has 2 N–H and O–H groups in total. The van der Waals surface area contributed by atoms with Gasteiger partial charge in [-0.25, -0.2) is 4.79 Å². The lowest BCUT2D eigenvalue weighted by molar-refractivity contribution is -0.134. The van der Waals surface area contributed by atoms with Crippen LogP contribution in [0.3, 0.4) is 0 Å². The number of aryl methyl sites for hydroxylation is 2. The van der Waals surface area contributed by atoms with Gasteiger partial charge in [0.05, 0.1) is 0 Å². The third-order valence-corrected chi connectivity index (χ3v) is 6.81. The van der Waals surface area contributed by atoms with E-state index in [4.69, 9.17) is 0 Å². The lowest BCUT2D eigenvalue weighted by atomic mass is 9.80. The number of hydrogen-bond acceptors (Lipinski definition) is 4. The maximum Gasteiger partial charge on any atom is 0.325 e. The average Bonchev–Trinajstić information content (AvgIpc) is 3.24. The van der Waals surface area contributed by atoms with Crippen LogP contribution in [0.5, 0.6) is 0 Å². The number of hydrogen-bond donors (Lipinski definition) is 2. The molecule has 1 aromatic carbocycles. The van der Waals surface area contributed by atoms with Gasteiger partial charge in [-0.2, -0.15) is 0 Å². The first kappa shape index (κ1) is 19.6. The van der Waals surface area contributed by atoms with Crippen molar-refractivity contribution >= 4 is 34.9 Å². The fourth-order valence-corrected chi connectivity index (χ4v) is 5.35. The van der Waals surface area contributed by atoms with E-state index < -0.39 is 11.6 Å². The molecule has 1 fully saturated rings. The molecule has 0 radical (unpaired) electrons. The Morgan fingerprint density at radius 1 is 1.31 bits per heavy atom. The average molecular weight is 412 g/mol.